The van der Waals surface area contributed by atoms with Gasteiger partial charge in [0.1, 0.15) is 11.6 Å². The lowest BCUT2D eigenvalue weighted by atomic mass is 10.3. The number of carbonyl (C=O) groups is 1. The lowest BCUT2D eigenvalue weighted by Crippen LogP contribution is -2.20. The third kappa shape index (κ3) is 4.37. The fraction of sp³-hybridized carbons (Fsp3) is 0.0714. The Labute approximate surface area is 132 Å². The number of amides is 1. The second-order valence-electron chi connectivity index (χ2n) is 4.23. The van der Waals surface area contributed by atoms with Gasteiger partial charge in [0.25, 0.3) is 0 Å². The van der Waals surface area contributed by atoms with Crippen LogP contribution in [0.15, 0.2) is 51.8 Å². The Bertz CT molecular complexity index is 692. The second-order valence-corrected chi connectivity index (χ2v) is 6.56. The molecule has 0 heterocycles. The van der Waals surface area contributed by atoms with E-state index in [1.54, 1.807) is 24.3 Å². The first-order chi connectivity index (χ1) is 9.95. The number of hydrogen-bond donors (Lipinski definition) is 2. The van der Waals surface area contributed by atoms with E-state index in [2.05, 4.69) is 21.2 Å². The van der Waals surface area contributed by atoms with Crippen molar-refractivity contribution < 1.29 is 13.4 Å². The summed E-state index contributed by atoms with van der Waals surface area (Å²) >= 11 is 3.29. The van der Waals surface area contributed by atoms with Crippen LogP contribution >= 0.6 is 15.9 Å². The SMILES string of the molecule is Nc1cc(F)ccc1S(=O)CC(=O)Nc1ccc(Br)cc1. The second kappa shape index (κ2) is 6.82. The Morgan fingerprint density at radius 2 is 1.90 bits per heavy atom. The van der Waals surface area contributed by atoms with Crippen molar-refractivity contribution in [2.75, 3.05) is 16.8 Å². The predicted octanol–water partition coefficient (Wildman–Crippen LogP) is 2.92. The Morgan fingerprint density at radius 1 is 1.24 bits per heavy atom. The van der Waals surface area contributed by atoms with E-state index in [1.165, 1.54) is 6.07 Å². The monoisotopic (exact) mass is 370 g/mol. The van der Waals surface area contributed by atoms with E-state index in [9.17, 15) is 13.4 Å². The topological polar surface area (TPSA) is 72.2 Å². The Morgan fingerprint density at radius 3 is 2.52 bits per heavy atom. The molecule has 110 valence electrons. The van der Waals surface area contributed by atoms with Gasteiger partial charge in [-0.15, -0.1) is 0 Å². The highest BCUT2D eigenvalue weighted by molar-refractivity contribution is 9.10. The summed E-state index contributed by atoms with van der Waals surface area (Å²) in [5.41, 5.74) is 6.28. The van der Waals surface area contributed by atoms with Crippen LogP contribution in [-0.2, 0) is 15.6 Å². The van der Waals surface area contributed by atoms with Gasteiger partial charge in [-0.05, 0) is 42.5 Å². The molecule has 7 heteroatoms. The maximum atomic E-state index is 12.9. The van der Waals surface area contributed by atoms with Crippen LogP contribution in [0.2, 0.25) is 0 Å². The molecule has 21 heavy (non-hydrogen) atoms. The first-order valence-corrected chi connectivity index (χ1v) is 8.06. The maximum Gasteiger partial charge on any atom is 0.237 e. The average Bonchev–Trinajstić information content (AvgIpc) is 2.41. The van der Waals surface area contributed by atoms with Crippen molar-refractivity contribution in [3.63, 3.8) is 0 Å². The van der Waals surface area contributed by atoms with Gasteiger partial charge in [0.05, 0.1) is 21.4 Å². The van der Waals surface area contributed by atoms with Crippen molar-refractivity contribution >= 4 is 44.0 Å². The van der Waals surface area contributed by atoms with Gasteiger partial charge < -0.3 is 11.1 Å². The van der Waals surface area contributed by atoms with Crippen LogP contribution in [0.25, 0.3) is 0 Å². The molecular weight excluding hydrogens is 359 g/mol. The molecule has 1 unspecified atom stereocenters. The third-order valence-corrected chi connectivity index (χ3v) is 4.52. The van der Waals surface area contributed by atoms with Crippen molar-refractivity contribution in [3.05, 3.63) is 52.8 Å². The number of nitrogen functional groups attached to an aromatic ring is 1. The van der Waals surface area contributed by atoms with Crippen molar-refractivity contribution in [1.82, 2.24) is 0 Å². The first kappa shape index (κ1) is 15.7. The standard InChI is InChI=1S/C14H12BrFN2O2S/c15-9-1-4-11(5-2-9)18-14(19)8-21(20)13-6-3-10(16)7-12(13)17/h1-7H,8,17H2,(H,18,19). The van der Waals surface area contributed by atoms with E-state index in [0.717, 1.165) is 16.6 Å². The molecule has 4 nitrogen and oxygen atoms in total. The van der Waals surface area contributed by atoms with Crippen LogP contribution in [0.1, 0.15) is 0 Å². The fourth-order valence-corrected chi connectivity index (χ4v) is 2.93. The summed E-state index contributed by atoms with van der Waals surface area (Å²) in [5.74, 6) is -1.15. The van der Waals surface area contributed by atoms with Crippen molar-refractivity contribution in [3.8, 4) is 0 Å². The zero-order chi connectivity index (χ0) is 15.4. The lowest BCUT2D eigenvalue weighted by Gasteiger charge is -2.07. The molecule has 3 N–H and O–H groups in total. The minimum absolute atomic E-state index is 0.0739. The average molecular weight is 371 g/mol. The van der Waals surface area contributed by atoms with Gasteiger partial charge in [-0.25, -0.2) is 4.39 Å². The molecule has 1 atom stereocenters. The summed E-state index contributed by atoms with van der Waals surface area (Å²) in [5, 5.41) is 2.63. The molecule has 0 radical (unpaired) electrons. The molecule has 0 saturated heterocycles. The Kier molecular flexibility index (Phi) is 5.08. The van der Waals surface area contributed by atoms with Crippen LogP contribution < -0.4 is 11.1 Å². The van der Waals surface area contributed by atoms with Crippen LogP contribution in [0.3, 0.4) is 0 Å². The number of nitrogens with two attached hydrogens (primary N) is 1. The molecule has 0 aliphatic rings. The van der Waals surface area contributed by atoms with Crippen LogP contribution in [-0.4, -0.2) is 15.9 Å². The number of anilines is 2. The summed E-state index contributed by atoms with van der Waals surface area (Å²) in [6.45, 7) is 0. The first-order valence-electron chi connectivity index (χ1n) is 5.94. The summed E-state index contributed by atoms with van der Waals surface area (Å²) in [4.78, 5) is 12.1. The molecule has 0 spiro atoms. The van der Waals surface area contributed by atoms with E-state index in [1.807, 2.05) is 0 Å². The van der Waals surface area contributed by atoms with Gasteiger partial charge in [0.2, 0.25) is 5.91 Å². The van der Waals surface area contributed by atoms with Gasteiger partial charge in [-0.3, -0.25) is 9.00 Å². The third-order valence-electron chi connectivity index (χ3n) is 2.61. The molecule has 0 aromatic heterocycles. The smallest absolute Gasteiger partial charge is 0.237 e. The minimum atomic E-state index is -1.62. The van der Waals surface area contributed by atoms with Gasteiger partial charge >= 0.3 is 0 Å². The van der Waals surface area contributed by atoms with Crippen LogP contribution in [0.4, 0.5) is 15.8 Å². The Hall–Kier alpha value is -1.73. The molecule has 2 rings (SSSR count). The van der Waals surface area contributed by atoms with E-state index < -0.39 is 22.5 Å². The predicted molar refractivity (Wildman–Crippen MR) is 84.9 cm³/mol. The fourth-order valence-electron chi connectivity index (χ4n) is 1.65. The number of benzene rings is 2. The molecule has 0 bridgehead atoms. The summed E-state index contributed by atoms with van der Waals surface area (Å²) in [6.07, 6.45) is 0. The summed E-state index contributed by atoms with van der Waals surface area (Å²) in [6, 6.07) is 10.6. The molecular formula is C14H12BrFN2O2S. The van der Waals surface area contributed by atoms with Gasteiger partial charge in [0, 0.05) is 10.2 Å². The summed E-state index contributed by atoms with van der Waals surface area (Å²) < 4.78 is 25.9. The van der Waals surface area contributed by atoms with Crippen molar-refractivity contribution in [2.24, 2.45) is 0 Å². The molecule has 0 aliphatic heterocycles. The maximum absolute atomic E-state index is 12.9. The molecule has 2 aromatic rings. The molecule has 0 fully saturated rings. The summed E-state index contributed by atoms with van der Waals surface area (Å²) in [7, 11) is -1.62. The molecule has 1 amide bonds. The van der Waals surface area contributed by atoms with Crippen LogP contribution in [0, 0.1) is 5.82 Å². The van der Waals surface area contributed by atoms with E-state index in [-0.39, 0.29) is 16.3 Å². The Balaban J connectivity index is 2.02. The largest absolute Gasteiger partial charge is 0.398 e. The van der Waals surface area contributed by atoms with E-state index in [0.29, 0.717) is 5.69 Å². The lowest BCUT2D eigenvalue weighted by molar-refractivity contribution is -0.113. The molecule has 0 saturated carbocycles. The number of hydrogen-bond acceptors (Lipinski definition) is 3. The zero-order valence-electron chi connectivity index (χ0n) is 10.8. The normalized spacial score (nSPS) is 11.9. The highest BCUT2D eigenvalue weighted by Gasteiger charge is 2.13. The van der Waals surface area contributed by atoms with Crippen LogP contribution in [0.5, 0.6) is 0 Å². The highest BCUT2D eigenvalue weighted by atomic mass is 79.9. The zero-order valence-corrected chi connectivity index (χ0v) is 13.2. The van der Waals surface area contributed by atoms with Crippen molar-refractivity contribution in [1.29, 1.82) is 0 Å². The van der Waals surface area contributed by atoms with E-state index in [4.69, 9.17) is 5.73 Å². The van der Waals surface area contributed by atoms with Crippen molar-refractivity contribution in [2.45, 2.75) is 4.90 Å². The molecule has 0 aliphatic carbocycles. The number of rotatable bonds is 4. The molecule has 2 aromatic carbocycles. The quantitative estimate of drug-likeness (QED) is 0.812. The van der Waals surface area contributed by atoms with Gasteiger partial charge in [0.15, 0.2) is 0 Å². The highest BCUT2D eigenvalue weighted by Crippen LogP contribution is 2.18. The van der Waals surface area contributed by atoms with E-state index >= 15 is 0 Å². The number of carbonyl (C=O) groups excluding carboxylic acids is 1. The number of halogens is 2. The van der Waals surface area contributed by atoms with Gasteiger partial charge in [-0.1, -0.05) is 15.9 Å². The van der Waals surface area contributed by atoms with Gasteiger partial charge in [-0.2, -0.15) is 0 Å². The number of nitrogens with one attached hydrogen (secondary N) is 1. The minimum Gasteiger partial charge on any atom is -0.398 e.